The molecule has 1 saturated carbocycles. The van der Waals surface area contributed by atoms with Crippen molar-refractivity contribution in [3.05, 3.63) is 142 Å². The monoisotopic (exact) mass is 854 g/mol. The number of hydrazine groups is 1. The highest BCUT2D eigenvalue weighted by molar-refractivity contribution is 6.36. The van der Waals surface area contributed by atoms with Crippen LogP contribution in [0.5, 0.6) is 17.2 Å². The molecule has 10 rings (SSSR count). The third kappa shape index (κ3) is 5.83. The van der Waals surface area contributed by atoms with Gasteiger partial charge in [0, 0.05) is 16.5 Å². The molecule has 5 aromatic carbocycles. The predicted octanol–water partition coefficient (Wildman–Crippen LogP) is 8.71. The van der Waals surface area contributed by atoms with Crippen LogP contribution in [0.1, 0.15) is 29.9 Å². The molecular formula is C47H36Cl2N4O8. The minimum Gasteiger partial charge on any atom is -0.504 e. The van der Waals surface area contributed by atoms with Crippen molar-refractivity contribution in [2.75, 3.05) is 24.5 Å². The van der Waals surface area contributed by atoms with E-state index in [2.05, 4.69) is 10.4 Å². The van der Waals surface area contributed by atoms with Gasteiger partial charge in [-0.15, -0.1) is 0 Å². The van der Waals surface area contributed by atoms with E-state index in [9.17, 15) is 14.7 Å². The zero-order valence-corrected chi connectivity index (χ0v) is 34.2. The summed E-state index contributed by atoms with van der Waals surface area (Å²) < 4.78 is 17.0. The highest BCUT2D eigenvalue weighted by atomic mass is 35.5. The number of hydrogen-bond acceptors (Lipinski definition) is 10. The van der Waals surface area contributed by atoms with Crippen molar-refractivity contribution in [1.29, 1.82) is 0 Å². The molecule has 1 aromatic heterocycles. The maximum Gasteiger partial charge on any atom is 0.260 e. The number of methoxy groups -OCH3 is 2. The molecular weight excluding hydrogens is 819 g/mol. The highest BCUT2D eigenvalue weighted by Crippen LogP contribution is 2.64. The number of hydrogen-bond donors (Lipinski definition) is 2. The Labute approximate surface area is 359 Å². The van der Waals surface area contributed by atoms with E-state index >= 15 is 9.59 Å². The zero-order valence-electron chi connectivity index (χ0n) is 32.7. The number of halogens is 2. The lowest BCUT2D eigenvalue weighted by molar-refractivity contribution is -0.138. The molecule has 3 fully saturated rings. The van der Waals surface area contributed by atoms with E-state index in [4.69, 9.17) is 37.1 Å². The van der Waals surface area contributed by atoms with Gasteiger partial charge in [-0.1, -0.05) is 65.2 Å². The number of rotatable bonds is 8. The van der Waals surface area contributed by atoms with Gasteiger partial charge in [-0.2, -0.15) is 5.01 Å². The summed E-state index contributed by atoms with van der Waals surface area (Å²) in [4.78, 5) is 65.7. The number of oxazole rings is 1. The molecule has 61 heavy (non-hydrogen) atoms. The van der Waals surface area contributed by atoms with Crippen molar-refractivity contribution in [3.8, 4) is 28.7 Å². The first-order chi connectivity index (χ1) is 29.5. The predicted molar refractivity (Wildman–Crippen MR) is 227 cm³/mol. The van der Waals surface area contributed by atoms with Gasteiger partial charge in [0.15, 0.2) is 17.1 Å². The molecule has 4 amide bonds. The third-order valence-electron chi connectivity index (χ3n) is 12.8. The van der Waals surface area contributed by atoms with Crippen LogP contribution in [0.3, 0.4) is 0 Å². The molecule has 2 N–H and O–H groups in total. The number of carbonyl (C=O) groups excluding carboxylic acids is 4. The number of phenols is 1. The Kier molecular flexibility index (Phi) is 9.19. The molecule has 306 valence electrons. The number of fused-ring (bicyclic) bond motifs is 5. The fourth-order valence-corrected chi connectivity index (χ4v) is 10.5. The lowest BCUT2D eigenvalue weighted by Crippen LogP contribution is -2.53. The fraction of sp³-hybridized carbons (Fsp3) is 0.213. The summed E-state index contributed by atoms with van der Waals surface area (Å²) in [5, 5.41) is 12.3. The maximum atomic E-state index is 15.5. The van der Waals surface area contributed by atoms with E-state index in [1.165, 1.54) is 31.3 Å². The average molecular weight is 856 g/mol. The lowest BCUT2D eigenvalue weighted by atomic mass is 9.49. The number of para-hydroxylation sites is 2. The second kappa shape index (κ2) is 14.5. The van der Waals surface area contributed by atoms with Crippen molar-refractivity contribution >= 4 is 69.3 Å². The number of nitrogens with zero attached hydrogens (tertiary/aromatic N) is 3. The summed E-state index contributed by atoms with van der Waals surface area (Å²) in [6.45, 7) is 0. The molecule has 0 unspecified atom stereocenters. The Morgan fingerprint density at radius 2 is 1.61 bits per heavy atom. The van der Waals surface area contributed by atoms with Gasteiger partial charge in [0.2, 0.25) is 17.7 Å². The number of amides is 4. The zero-order chi connectivity index (χ0) is 42.3. The molecule has 14 heteroatoms. The van der Waals surface area contributed by atoms with Crippen LogP contribution < -0.4 is 19.8 Å². The van der Waals surface area contributed by atoms with E-state index in [-0.39, 0.29) is 46.9 Å². The summed E-state index contributed by atoms with van der Waals surface area (Å²) in [6.07, 6.45) is 2.26. The highest BCUT2D eigenvalue weighted by Gasteiger charge is 2.70. The Balaban J connectivity index is 1.09. The average Bonchev–Trinajstić information content (AvgIpc) is 3.89. The van der Waals surface area contributed by atoms with Crippen molar-refractivity contribution in [1.82, 2.24) is 9.99 Å². The lowest BCUT2D eigenvalue weighted by Gasteiger charge is -2.50. The second-order valence-electron chi connectivity index (χ2n) is 15.7. The van der Waals surface area contributed by atoms with Crippen LogP contribution >= 0.6 is 23.2 Å². The van der Waals surface area contributed by atoms with Gasteiger partial charge in [-0.3, -0.25) is 29.5 Å². The summed E-state index contributed by atoms with van der Waals surface area (Å²) >= 11 is 12.8. The van der Waals surface area contributed by atoms with E-state index < -0.39 is 46.8 Å². The first-order valence-corrected chi connectivity index (χ1v) is 20.4. The minimum atomic E-state index is -1.59. The standard InChI is InChI=1S/C47H36Cl2N4O8/c1-59-29-15-10-26(11-16-29)47-33(44(56)53(46(47)58)51-35-19-12-27(48)22-34(35)49)23-32-30(41(47)25-9-20-37(54)39(21-25)60-2)17-18-31-40(32)45(57)52(43(31)55)28-13-7-24(8-14-28)42-50-36-5-3-4-6-38(36)61-42/h3-17,19-22,31-33,40-41,51,54H,18,23H2,1-2H3/t31-,32+,33-,40-,41-,47+/m0/s1. The van der Waals surface area contributed by atoms with Crippen LogP contribution in [0.15, 0.2) is 125 Å². The quantitative estimate of drug-likeness (QED) is 0.112. The number of imide groups is 2. The number of aromatic nitrogens is 1. The molecule has 4 aliphatic rings. The summed E-state index contributed by atoms with van der Waals surface area (Å²) in [6, 6.07) is 31.0. The van der Waals surface area contributed by atoms with Crippen LogP contribution in [-0.2, 0) is 24.6 Å². The Bertz CT molecular complexity index is 2810. The SMILES string of the molecule is COc1ccc([C@@]23C(=O)N(Nc4ccc(Cl)cc4Cl)C(=O)[C@@H]2C[C@@H]2C(=CC[C@@H]4C(=O)N(c5ccc(-c6nc7ccccc7o6)cc5)C(=O)[C@@H]42)[C@@H]3c2ccc(O)c(OC)c2)cc1. The fourth-order valence-electron chi connectivity index (χ4n) is 10.1. The van der Waals surface area contributed by atoms with Gasteiger partial charge < -0.3 is 19.0 Å². The summed E-state index contributed by atoms with van der Waals surface area (Å²) in [7, 11) is 2.97. The topological polar surface area (TPSA) is 152 Å². The number of benzene rings is 5. The molecule has 0 radical (unpaired) electrons. The van der Waals surface area contributed by atoms with Gasteiger partial charge in [-0.25, -0.2) is 4.98 Å². The molecule has 6 aromatic rings. The van der Waals surface area contributed by atoms with Gasteiger partial charge in [0.25, 0.3) is 11.8 Å². The molecule has 0 bridgehead atoms. The Hall–Kier alpha value is -6.63. The number of nitrogens with one attached hydrogen (secondary N) is 1. The number of anilines is 2. The Morgan fingerprint density at radius 1 is 0.836 bits per heavy atom. The molecule has 12 nitrogen and oxygen atoms in total. The molecule has 2 aliphatic carbocycles. The summed E-state index contributed by atoms with van der Waals surface area (Å²) in [5.41, 5.74) is 5.98. The van der Waals surface area contributed by atoms with Gasteiger partial charge in [0.1, 0.15) is 11.3 Å². The number of ether oxygens (including phenoxy) is 2. The van der Waals surface area contributed by atoms with Crippen molar-refractivity contribution in [2.45, 2.75) is 24.2 Å². The summed E-state index contributed by atoms with van der Waals surface area (Å²) in [5.74, 6) is -4.90. The molecule has 0 spiro atoms. The second-order valence-corrected chi connectivity index (χ2v) is 16.5. The largest absolute Gasteiger partial charge is 0.504 e. The number of aromatic hydroxyl groups is 1. The maximum absolute atomic E-state index is 15.5. The van der Waals surface area contributed by atoms with Crippen molar-refractivity contribution in [2.24, 2.45) is 23.7 Å². The van der Waals surface area contributed by atoms with E-state index in [0.717, 1.165) is 10.6 Å². The number of allylic oxidation sites excluding steroid dienone is 2. The molecule has 6 atom stereocenters. The molecule has 2 saturated heterocycles. The van der Waals surface area contributed by atoms with Gasteiger partial charge >= 0.3 is 0 Å². The number of phenolic OH excluding ortho intramolecular Hbond substituents is 1. The van der Waals surface area contributed by atoms with Gasteiger partial charge in [-0.05, 0) is 109 Å². The van der Waals surface area contributed by atoms with Gasteiger partial charge in [0.05, 0.1) is 53.8 Å². The van der Waals surface area contributed by atoms with E-state index in [0.29, 0.717) is 50.1 Å². The minimum absolute atomic E-state index is 0.0748. The van der Waals surface area contributed by atoms with Crippen molar-refractivity contribution < 1.29 is 38.2 Å². The Morgan fingerprint density at radius 3 is 2.33 bits per heavy atom. The van der Waals surface area contributed by atoms with Crippen LogP contribution in [-0.4, -0.2) is 52.9 Å². The number of carbonyl (C=O) groups is 4. The van der Waals surface area contributed by atoms with Crippen LogP contribution in [0.25, 0.3) is 22.6 Å². The normalized spacial score (nSPS) is 24.4. The van der Waals surface area contributed by atoms with Crippen LogP contribution in [0, 0.1) is 23.7 Å². The molecule has 3 heterocycles. The molecule has 2 aliphatic heterocycles. The van der Waals surface area contributed by atoms with Crippen LogP contribution in [0.4, 0.5) is 11.4 Å². The van der Waals surface area contributed by atoms with E-state index in [1.54, 1.807) is 72.8 Å². The van der Waals surface area contributed by atoms with Crippen molar-refractivity contribution in [3.63, 3.8) is 0 Å². The van der Waals surface area contributed by atoms with E-state index in [1.807, 2.05) is 30.3 Å². The smallest absolute Gasteiger partial charge is 0.260 e. The first-order valence-electron chi connectivity index (χ1n) is 19.7. The first kappa shape index (κ1) is 38.6. The van der Waals surface area contributed by atoms with Crippen LogP contribution in [0.2, 0.25) is 10.0 Å². The third-order valence-corrected chi connectivity index (χ3v) is 13.3.